The smallest absolute Gasteiger partial charge is 0.407 e. The fourth-order valence-electron chi connectivity index (χ4n) is 6.06. The number of carbonyl (C=O) groups is 3. The molecule has 4 fully saturated rings. The Morgan fingerprint density at radius 1 is 1.14 bits per heavy atom. The van der Waals surface area contributed by atoms with E-state index in [1.165, 1.54) is 0 Å². The number of rotatable bonds is 5. The van der Waals surface area contributed by atoms with Crippen LogP contribution in [0, 0.1) is 0 Å². The molecular weight excluding hydrogens is 462 g/mol. The second-order valence-electron chi connectivity index (χ2n) is 11.6. The monoisotopic (exact) mass is 499 g/mol. The van der Waals surface area contributed by atoms with Crippen molar-refractivity contribution in [3.05, 3.63) is 35.9 Å². The number of benzene rings is 1. The predicted molar refractivity (Wildman–Crippen MR) is 131 cm³/mol. The first-order chi connectivity index (χ1) is 17.1. The van der Waals surface area contributed by atoms with E-state index in [9.17, 15) is 14.4 Å². The molecule has 1 aromatic rings. The molecule has 9 nitrogen and oxygen atoms in total. The van der Waals surface area contributed by atoms with Gasteiger partial charge >= 0.3 is 6.09 Å². The third-order valence-electron chi connectivity index (χ3n) is 7.79. The fourth-order valence-corrected chi connectivity index (χ4v) is 6.06. The number of ether oxygens (including phenoxy) is 3. The predicted octanol–water partition coefficient (Wildman–Crippen LogP) is 2.45. The van der Waals surface area contributed by atoms with E-state index in [2.05, 4.69) is 5.32 Å². The minimum Gasteiger partial charge on any atom is -0.444 e. The van der Waals surface area contributed by atoms with Crippen molar-refractivity contribution in [3.8, 4) is 0 Å². The maximum atomic E-state index is 13.9. The van der Waals surface area contributed by atoms with Gasteiger partial charge in [-0.05, 0) is 45.6 Å². The third-order valence-corrected chi connectivity index (χ3v) is 7.79. The summed E-state index contributed by atoms with van der Waals surface area (Å²) in [6, 6.07) is 9.26. The summed E-state index contributed by atoms with van der Waals surface area (Å²) in [4.78, 5) is 43.5. The van der Waals surface area contributed by atoms with Gasteiger partial charge in [0.15, 0.2) is 5.60 Å². The van der Waals surface area contributed by atoms with Crippen molar-refractivity contribution in [2.24, 2.45) is 0 Å². The summed E-state index contributed by atoms with van der Waals surface area (Å²) in [5, 5.41) is 2.76. The molecule has 196 valence electrons. The lowest BCUT2D eigenvalue weighted by atomic mass is 9.97. The highest BCUT2D eigenvalue weighted by molar-refractivity contribution is 5.91. The van der Waals surface area contributed by atoms with E-state index in [1.54, 1.807) is 25.7 Å². The van der Waals surface area contributed by atoms with Crippen LogP contribution in [0.1, 0.15) is 57.9 Å². The Morgan fingerprint density at radius 2 is 1.92 bits per heavy atom. The van der Waals surface area contributed by atoms with E-state index < -0.39 is 23.2 Å². The molecule has 36 heavy (non-hydrogen) atoms. The third kappa shape index (κ3) is 4.83. The molecule has 4 aliphatic heterocycles. The van der Waals surface area contributed by atoms with E-state index in [4.69, 9.17) is 14.2 Å². The second-order valence-corrected chi connectivity index (χ2v) is 11.6. The number of fused-ring (bicyclic) bond motifs is 2. The van der Waals surface area contributed by atoms with Gasteiger partial charge in [-0.15, -0.1) is 0 Å². The van der Waals surface area contributed by atoms with E-state index in [1.807, 2.05) is 35.2 Å². The van der Waals surface area contributed by atoms with Crippen molar-refractivity contribution < 1.29 is 28.6 Å². The first kappa shape index (κ1) is 25.0. The fraction of sp³-hybridized carbons (Fsp3) is 0.667. The molecule has 5 rings (SSSR count). The van der Waals surface area contributed by atoms with Gasteiger partial charge in [-0.2, -0.15) is 0 Å². The van der Waals surface area contributed by atoms with E-state index in [0.29, 0.717) is 26.1 Å². The SMILES string of the molecule is CC(C)(C)OC(=O)NC[C@H](C(=O)N1C[C@@]2(C(=O)N3CCC4(CCCO4)C3)CC1CO2)c1ccccc1. The van der Waals surface area contributed by atoms with E-state index >= 15 is 0 Å². The summed E-state index contributed by atoms with van der Waals surface area (Å²) in [5.74, 6) is -0.736. The highest BCUT2D eigenvalue weighted by Crippen LogP contribution is 2.43. The van der Waals surface area contributed by atoms with Gasteiger partial charge in [0.2, 0.25) is 5.91 Å². The first-order valence-corrected chi connectivity index (χ1v) is 13.0. The zero-order chi connectivity index (χ0) is 25.6. The van der Waals surface area contributed by atoms with Crippen LogP contribution in [0.15, 0.2) is 30.3 Å². The number of carbonyl (C=O) groups excluding carboxylic acids is 3. The summed E-state index contributed by atoms with van der Waals surface area (Å²) >= 11 is 0. The summed E-state index contributed by atoms with van der Waals surface area (Å²) in [6.45, 7) is 8.09. The Bertz CT molecular complexity index is 1000. The number of hydrogen-bond acceptors (Lipinski definition) is 6. The van der Waals surface area contributed by atoms with Crippen LogP contribution in [0.4, 0.5) is 4.79 Å². The minimum atomic E-state index is -0.996. The van der Waals surface area contributed by atoms with Crippen LogP contribution in [0.25, 0.3) is 0 Å². The van der Waals surface area contributed by atoms with E-state index in [-0.39, 0.29) is 36.5 Å². The van der Waals surface area contributed by atoms with Gasteiger partial charge in [0.1, 0.15) is 5.60 Å². The van der Waals surface area contributed by atoms with Gasteiger partial charge < -0.3 is 29.3 Å². The molecule has 1 N–H and O–H groups in total. The lowest BCUT2D eigenvalue weighted by Gasteiger charge is -2.36. The molecule has 4 saturated heterocycles. The molecule has 2 unspecified atom stereocenters. The molecule has 0 aliphatic carbocycles. The Hall–Kier alpha value is -2.65. The summed E-state index contributed by atoms with van der Waals surface area (Å²) in [7, 11) is 0. The maximum absolute atomic E-state index is 13.9. The van der Waals surface area contributed by atoms with Crippen LogP contribution in [-0.2, 0) is 23.8 Å². The van der Waals surface area contributed by atoms with Crippen molar-refractivity contribution in [2.45, 2.75) is 75.2 Å². The van der Waals surface area contributed by atoms with Crippen molar-refractivity contribution in [1.29, 1.82) is 0 Å². The number of amides is 3. The summed E-state index contributed by atoms with van der Waals surface area (Å²) < 4.78 is 17.4. The van der Waals surface area contributed by atoms with Crippen LogP contribution in [0.3, 0.4) is 0 Å². The van der Waals surface area contributed by atoms with Crippen LogP contribution in [0.2, 0.25) is 0 Å². The average Bonchev–Trinajstić information content (AvgIpc) is 3.64. The Morgan fingerprint density at radius 3 is 2.61 bits per heavy atom. The van der Waals surface area contributed by atoms with Gasteiger partial charge in [-0.3, -0.25) is 9.59 Å². The highest BCUT2D eigenvalue weighted by Gasteiger charge is 2.60. The van der Waals surface area contributed by atoms with E-state index in [0.717, 1.165) is 31.4 Å². The van der Waals surface area contributed by atoms with Crippen LogP contribution in [0.5, 0.6) is 0 Å². The number of nitrogens with zero attached hydrogens (tertiary/aromatic N) is 2. The van der Waals surface area contributed by atoms with Crippen molar-refractivity contribution >= 4 is 17.9 Å². The topological polar surface area (TPSA) is 97.4 Å². The largest absolute Gasteiger partial charge is 0.444 e. The number of alkyl carbamates (subject to hydrolysis) is 1. The number of hydrogen-bond donors (Lipinski definition) is 1. The van der Waals surface area contributed by atoms with Gasteiger partial charge in [-0.25, -0.2) is 4.79 Å². The molecule has 0 aromatic heterocycles. The van der Waals surface area contributed by atoms with Crippen molar-refractivity contribution in [3.63, 3.8) is 0 Å². The lowest BCUT2D eigenvalue weighted by molar-refractivity contribution is -0.159. The molecule has 4 atom stereocenters. The Labute approximate surface area is 212 Å². The molecule has 2 bridgehead atoms. The standard InChI is InChI=1S/C27H37N3O6/c1-25(2,3)36-24(33)28-15-21(19-8-5-4-6-9-19)22(31)30-18-27(14-20(30)16-35-27)23(32)29-12-11-26(17-29)10-7-13-34-26/h4-6,8-9,20-21H,7,10-18H2,1-3H3,(H,28,33)/t20?,21-,26?,27+/m0/s1. The summed E-state index contributed by atoms with van der Waals surface area (Å²) in [6.07, 6.45) is 2.82. The molecule has 0 saturated carbocycles. The van der Waals surface area contributed by atoms with Gasteiger partial charge in [0.05, 0.1) is 30.7 Å². The minimum absolute atomic E-state index is 0.0317. The normalized spacial score (nSPS) is 30.1. The quantitative estimate of drug-likeness (QED) is 0.669. The van der Waals surface area contributed by atoms with Crippen LogP contribution in [-0.4, -0.2) is 89.9 Å². The number of nitrogens with one attached hydrogen (secondary N) is 1. The first-order valence-electron chi connectivity index (χ1n) is 13.0. The number of morpholine rings is 1. The van der Waals surface area contributed by atoms with Crippen molar-refractivity contribution in [2.75, 3.05) is 39.4 Å². The molecule has 0 radical (unpaired) electrons. The molecule has 4 aliphatic rings. The molecule has 3 amide bonds. The lowest BCUT2D eigenvalue weighted by Crippen LogP contribution is -2.55. The van der Waals surface area contributed by atoms with Gasteiger partial charge in [-0.1, -0.05) is 30.3 Å². The van der Waals surface area contributed by atoms with Gasteiger partial charge in [0.25, 0.3) is 5.91 Å². The molecular formula is C27H37N3O6. The van der Waals surface area contributed by atoms with Crippen LogP contribution >= 0.6 is 0 Å². The average molecular weight is 500 g/mol. The highest BCUT2D eigenvalue weighted by atomic mass is 16.6. The molecule has 9 heteroatoms. The van der Waals surface area contributed by atoms with Crippen molar-refractivity contribution in [1.82, 2.24) is 15.1 Å². The Balaban J connectivity index is 1.29. The molecule has 1 spiro atoms. The number of likely N-dealkylation sites (tertiary alicyclic amines) is 2. The van der Waals surface area contributed by atoms with Gasteiger partial charge in [0, 0.05) is 32.7 Å². The second kappa shape index (κ2) is 9.34. The zero-order valence-electron chi connectivity index (χ0n) is 21.5. The maximum Gasteiger partial charge on any atom is 0.407 e. The zero-order valence-corrected chi connectivity index (χ0v) is 21.5. The molecule has 1 aromatic carbocycles. The Kier molecular flexibility index (Phi) is 6.49. The molecule has 4 heterocycles. The van der Waals surface area contributed by atoms with Crippen LogP contribution < -0.4 is 5.32 Å². The summed E-state index contributed by atoms with van der Waals surface area (Å²) in [5.41, 5.74) is -1.02.